The number of rotatable bonds is 3. The molecule has 2 heterocycles. The minimum Gasteiger partial charge on any atom is -0.312 e. The van der Waals surface area contributed by atoms with Gasteiger partial charge in [-0.3, -0.25) is 9.59 Å². The molecule has 1 fully saturated rings. The zero-order chi connectivity index (χ0) is 15.5. The average Bonchev–Trinajstić information content (AvgIpc) is 2.90. The third kappa shape index (κ3) is 2.98. The van der Waals surface area contributed by atoms with Crippen LogP contribution >= 0.6 is 0 Å². The average molecular weight is 295 g/mol. The molecule has 0 radical (unpaired) electrons. The van der Waals surface area contributed by atoms with Gasteiger partial charge in [0.1, 0.15) is 5.82 Å². The van der Waals surface area contributed by atoms with Gasteiger partial charge >= 0.3 is 0 Å². The molecule has 2 amide bonds. The van der Waals surface area contributed by atoms with E-state index in [1.54, 1.807) is 11.0 Å². The van der Waals surface area contributed by atoms with Crippen LogP contribution in [0.2, 0.25) is 0 Å². The summed E-state index contributed by atoms with van der Waals surface area (Å²) >= 11 is 0. The fraction of sp³-hybridized carbons (Fsp3) is 0.235. The van der Waals surface area contributed by atoms with Crippen molar-refractivity contribution in [3.8, 4) is 0 Å². The number of carbonyl (C=O) groups is 2. The Morgan fingerprint density at radius 2 is 1.95 bits per heavy atom. The number of nitrogens with one attached hydrogen (secondary N) is 1. The van der Waals surface area contributed by atoms with Gasteiger partial charge in [-0.1, -0.05) is 24.3 Å². The minimum absolute atomic E-state index is 0.0245. The summed E-state index contributed by atoms with van der Waals surface area (Å²) in [7, 11) is 0. The van der Waals surface area contributed by atoms with E-state index < -0.39 is 0 Å². The molecular weight excluding hydrogens is 278 g/mol. The lowest BCUT2D eigenvalue weighted by molar-refractivity contribution is -0.122. The molecule has 1 aromatic carbocycles. The highest BCUT2D eigenvalue weighted by molar-refractivity contribution is 6.03. The molecule has 112 valence electrons. The second kappa shape index (κ2) is 5.97. The number of benzene rings is 1. The van der Waals surface area contributed by atoms with Gasteiger partial charge in [0.15, 0.2) is 0 Å². The molecule has 0 bridgehead atoms. The fourth-order valence-corrected chi connectivity index (χ4v) is 2.58. The lowest BCUT2D eigenvalue weighted by atomic mass is 10.1. The molecule has 5 heteroatoms. The fourth-order valence-electron chi connectivity index (χ4n) is 2.58. The highest BCUT2D eigenvalue weighted by Crippen LogP contribution is 2.25. The molecule has 5 nitrogen and oxygen atoms in total. The second-order valence-corrected chi connectivity index (χ2v) is 5.39. The van der Waals surface area contributed by atoms with Crippen molar-refractivity contribution in [2.75, 3.05) is 16.8 Å². The summed E-state index contributed by atoms with van der Waals surface area (Å²) in [6.07, 6.45) is 0.229. The Balaban J connectivity index is 1.69. The van der Waals surface area contributed by atoms with E-state index in [1.165, 1.54) is 0 Å². The van der Waals surface area contributed by atoms with Crippen LogP contribution in [0.4, 0.5) is 11.5 Å². The van der Waals surface area contributed by atoms with E-state index in [0.717, 1.165) is 11.4 Å². The Bertz CT molecular complexity index is 700. The molecule has 0 spiro atoms. The zero-order valence-corrected chi connectivity index (χ0v) is 12.3. The van der Waals surface area contributed by atoms with E-state index in [2.05, 4.69) is 10.3 Å². The van der Waals surface area contributed by atoms with Crippen LogP contribution in [0.25, 0.3) is 0 Å². The van der Waals surface area contributed by atoms with E-state index in [-0.39, 0.29) is 24.2 Å². The van der Waals surface area contributed by atoms with E-state index in [1.807, 2.05) is 49.4 Å². The summed E-state index contributed by atoms with van der Waals surface area (Å²) in [5.74, 6) is -0.0148. The molecule has 1 N–H and O–H groups in total. The maximum Gasteiger partial charge on any atom is 0.230 e. The van der Waals surface area contributed by atoms with Crippen LogP contribution in [0, 0.1) is 12.8 Å². The molecule has 0 unspecified atom stereocenters. The van der Waals surface area contributed by atoms with Gasteiger partial charge in [0, 0.05) is 24.3 Å². The van der Waals surface area contributed by atoms with Gasteiger partial charge < -0.3 is 10.2 Å². The molecule has 2 aromatic rings. The number of amides is 2. The van der Waals surface area contributed by atoms with E-state index in [0.29, 0.717) is 12.4 Å². The molecule has 1 aliphatic rings. The number of aryl methyl sites for hydroxylation is 1. The number of hydrogen-bond acceptors (Lipinski definition) is 3. The van der Waals surface area contributed by atoms with Crippen LogP contribution in [-0.4, -0.2) is 23.3 Å². The van der Waals surface area contributed by atoms with Crippen LogP contribution < -0.4 is 10.2 Å². The second-order valence-electron chi connectivity index (χ2n) is 5.39. The van der Waals surface area contributed by atoms with Gasteiger partial charge in [0.2, 0.25) is 11.8 Å². The smallest absolute Gasteiger partial charge is 0.230 e. The Morgan fingerprint density at radius 1 is 1.18 bits per heavy atom. The third-order valence-electron chi connectivity index (χ3n) is 3.70. The number of para-hydroxylation sites is 1. The topological polar surface area (TPSA) is 62.3 Å². The first-order chi connectivity index (χ1) is 10.6. The molecule has 1 aromatic heterocycles. The van der Waals surface area contributed by atoms with Gasteiger partial charge in [-0.15, -0.1) is 0 Å². The summed E-state index contributed by atoms with van der Waals surface area (Å²) < 4.78 is 0. The molecule has 1 atom stereocenters. The van der Waals surface area contributed by atoms with Gasteiger partial charge in [-0.05, 0) is 31.2 Å². The van der Waals surface area contributed by atoms with Crippen molar-refractivity contribution in [3.63, 3.8) is 0 Å². The normalized spacial score (nSPS) is 17.6. The number of nitrogens with zero attached hydrogens (tertiary/aromatic N) is 2. The van der Waals surface area contributed by atoms with Crippen molar-refractivity contribution < 1.29 is 9.59 Å². The van der Waals surface area contributed by atoms with E-state index in [9.17, 15) is 9.59 Å². The molecule has 1 saturated heterocycles. The van der Waals surface area contributed by atoms with E-state index in [4.69, 9.17) is 0 Å². The van der Waals surface area contributed by atoms with Crippen molar-refractivity contribution in [1.29, 1.82) is 0 Å². The van der Waals surface area contributed by atoms with Gasteiger partial charge in [-0.2, -0.15) is 0 Å². The first kappa shape index (κ1) is 14.3. The number of pyridine rings is 1. The monoisotopic (exact) mass is 295 g/mol. The zero-order valence-electron chi connectivity index (χ0n) is 12.3. The Morgan fingerprint density at radius 3 is 2.68 bits per heavy atom. The predicted octanol–water partition coefficient (Wildman–Crippen LogP) is 2.38. The quantitative estimate of drug-likeness (QED) is 0.945. The molecular formula is C17H17N3O2. The van der Waals surface area contributed by atoms with Gasteiger partial charge in [0.05, 0.1) is 5.92 Å². The lowest BCUT2D eigenvalue weighted by Crippen LogP contribution is -2.28. The van der Waals surface area contributed by atoms with Crippen molar-refractivity contribution in [3.05, 3.63) is 54.2 Å². The standard InChI is InChI=1S/C17H17N3O2/c1-12-6-5-9-15(18-12)19-17(22)13-10-16(21)20(11-13)14-7-3-2-4-8-14/h2-9,13H,10-11H2,1H3,(H,18,19,22)/t13-/m0/s1. The molecule has 3 rings (SSSR count). The maximum absolute atomic E-state index is 12.3. The Hall–Kier alpha value is -2.69. The number of aromatic nitrogens is 1. The Kier molecular flexibility index (Phi) is 3.87. The van der Waals surface area contributed by atoms with Crippen LogP contribution in [0.3, 0.4) is 0 Å². The van der Waals surface area contributed by atoms with Gasteiger partial charge in [0.25, 0.3) is 0 Å². The van der Waals surface area contributed by atoms with Crippen molar-refractivity contribution in [2.24, 2.45) is 5.92 Å². The first-order valence-corrected chi connectivity index (χ1v) is 7.23. The van der Waals surface area contributed by atoms with Crippen LogP contribution in [0.15, 0.2) is 48.5 Å². The van der Waals surface area contributed by atoms with Crippen molar-refractivity contribution in [1.82, 2.24) is 4.98 Å². The summed E-state index contributed by atoms with van der Waals surface area (Å²) in [5.41, 5.74) is 1.67. The molecule has 1 aliphatic heterocycles. The molecule has 22 heavy (non-hydrogen) atoms. The van der Waals surface area contributed by atoms with Gasteiger partial charge in [-0.25, -0.2) is 4.98 Å². The number of carbonyl (C=O) groups excluding carboxylic acids is 2. The van der Waals surface area contributed by atoms with Crippen molar-refractivity contribution >= 4 is 23.3 Å². The summed E-state index contributed by atoms with van der Waals surface area (Å²) in [5, 5.41) is 2.79. The van der Waals surface area contributed by atoms with Crippen LogP contribution in [-0.2, 0) is 9.59 Å². The first-order valence-electron chi connectivity index (χ1n) is 7.23. The van der Waals surface area contributed by atoms with Crippen LogP contribution in [0.5, 0.6) is 0 Å². The SMILES string of the molecule is Cc1cccc(NC(=O)[C@H]2CC(=O)N(c3ccccc3)C2)n1. The van der Waals surface area contributed by atoms with E-state index >= 15 is 0 Å². The predicted molar refractivity (Wildman–Crippen MR) is 84.5 cm³/mol. The largest absolute Gasteiger partial charge is 0.312 e. The number of anilines is 2. The lowest BCUT2D eigenvalue weighted by Gasteiger charge is -2.16. The maximum atomic E-state index is 12.3. The summed E-state index contributed by atoms with van der Waals surface area (Å²) in [4.78, 5) is 30.4. The van der Waals surface area contributed by atoms with Crippen LogP contribution in [0.1, 0.15) is 12.1 Å². The van der Waals surface area contributed by atoms with Crippen molar-refractivity contribution in [2.45, 2.75) is 13.3 Å². The highest BCUT2D eigenvalue weighted by Gasteiger charge is 2.35. The minimum atomic E-state index is -0.352. The molecule has 0 aliphatic carbocycles. The summed E-state index contributed by atoms with van der Waals surface area (Å²) in [6.45, 7) is 2.27. The third-order valence-corrected chi connectivity index (χ3v) is 3.70. The molecule has 0 saturated carbocycles. The highest BCUT2D eigenvalue weighted by atomic mass is 16.2. The number of hydrogen-bond donors (Lipinski definition) is 1. The summed E-state index contributed by atoms with van der Waals surface area (Å²) in [6, 6.07) is 14.9. The Labute approximate surface area is 129 Å².